The van der Waals surface area contributed by atoms with Crippen LogP contribution in [0.3, 0.4) is 0 Å². The zero-order valence-electron chi connectivity index (χ0n) is 13.3. The largest absolute Gasteiger partial charge is 0.389 e. The molecule has 124 valence electrons. The second-order valence-corrected chi connectivity index (χ2v) is 6.88. The van der Waals surface area contributed by atoms with E-state index in [4.69, 9.17) is 16.1 Å². The second kappa shape index (κ2) is 6.99. The molecular weight excluding hydrogens is 314 g/mol. The molecule has 1 N–H and O–H groups in total. The van der Waals surface area contributed by atoms with Gasteiger partial charge < -0.3 is 14.5 Å². The van der Waals surface area contributed by atoms with Gasteiger partial charge in [0.15, 0.2) is 0 Å². The van der Waals surface area contributed by atoms with Gasteiger partial charge in [0.1, 0.15) is 0 Å². The summed E-state index contributed by atoms with van der Waals surface area (Å²) in [5, 5.41) is 15.1. The van der Waals surface area contributed by atoms with E-state index in [0.29, 0.717) is 29.7 Å². The Morgan fingerprint density at radius 2 is 2.13 bits per heavy atom. The van der Waals surface area contributed by atoms with Crippen LogP contribution in [0.15, 0.2) is 28.8 Å². The van der Waals surface area contributed by atoms with E-state index in [1.165, 1.54) is 0 Å². The standard InChI is InChI=1S/C17H22ClN3O2/c1-21(12-17(22)8-2-3-9-17)10-7-15-19-16(20-23-15)13-5-4-6-14(18)11-13/h4-6,11,22H,2-3,7-10,12H2,1H3. The molecule has 0 spiro atoms. The topological polar surface area (TPSA) is 62.4 Å². The number of nitrogens with zero attached hydrogens (tertiary/aromatic N) is 3. The van der Waals surface area contributed by atoms with E-state index in [1.807, 2.05) is 31.3 Å². The number of benzene rings is 1. The van der Waals surface area contributed by atoms with Crippen LogP contribution in [0.4, 0.5) is 0 Å². The molecule has 1 aromatic heterocycles. The Bertz CT molecular complexity index is 653. The highest BCUT2D eigenvalue weighted by Gasteiger charge is 2.32. The minimum atomic E-state index is -0.518. The molecule has 1 aliphatic carbocycles. The van der Waals surface area contributed by atoms with Crippen LogP contribution in [0, 0.1) is 0 Å². The molecule has 1 fully saturated rings. The average Bonchev–Trinajstić information content (AvgIpc) is 3.14. The fraction of sp³-hybridized carbons (Fsp3) is 0.529. The summed E-state index contributed by atoms with van der Waals surface area (Å²) in [5.41, 5.74) is 0.330. The van der Waals surface area contributed by atoms with Gasteiger partial charge in [-0.05, 0) is 32.0 Å². The van der Waals surface area contributed by atoms with Crippen molar-refractivity contribution in [2.75, 3.05) is 20.1 Å². The number of hydrogen-bond donors (Lipinski definition) is 1. The van der Waals surface area contributed by atoms with Gasteiger partial charge in [0.2, 0.25) is 11.7 Å². The molecule has 0 unspecified atom stereocenters. The van der Waals surface area contributed by atoms with Crippen LogP contribution >= 0.6 is 11.6 Å². The first-order valence-corrected chi connectivity index (χ1v) is 8.41. The third-order valence-corrected chi connectivity index (χ3v) is 4.59. The van der Waals surface area contributed by atoms with Crippen molar-refractivity contribution in [2.24, 2.45) is 0 Å². The zero-order chi connectivity index (χ0) is 16.3. The fourth-order valence-electron chi connectivity index (χ4n) is 3.16. The molecule has 0 atom stereocenters. The number of rotatable bonds is 6. The maximum absolute atomic E-state index is 10.4. The van der Waals surface area contributed by atoms with Crippen LogP contribution in [-0.4, -0.2) is 45.9 Å². The summed E-state index contributed by atoms with van der Waals surface area (Å²) >= 11 is 5.98. The Morgan fingerprint density at radius 3 is 2.87 bits per heavy atom. The van der Waals surface area contributed by atoms with E-state index >= 15 is 0 Å². The molecule has 0 radical (unpaired) electrons. The Morgan fingerprint density at radius 1 is 1.35 bits per heavy atom. The molecule has 2 aromatic rings. The summed E-state index contributed by atoms with van der Waals surface area (Å²) in [5.74, 6) is 1.16. The summed E-state index contributed by atoms with van der Waals surface area (Å²) < 4.78 is 5.31. The van der Waals surface area contributed by atoms with E-state index < -0.39 is 5.60 Å². The van der Waals surface area contributed by atoms with E-state index in [1.54, 1.807) is 0 Å². The van der Waals surface area contributed by atoms with Crippen molar-refractivity contribution in [2.45, 2.75) is 37.7 Å². The molecule has 1 aliphatic rings. The van der Waals surface area contributed by atoms with Crippen LogP contribution in [0.1, 0.15) is 31.6 Å². The predicted molar refractivity (Wildman–Crippen MR) is 89.4 cm³/mol. The van der Waals surface area contributed by atoms with E-state index in [2.05, 4.69) is 15.0 Å². The molecule has 1 aromatic carbocycles. The van der Waals surface area contributed by atoms with Crippen molar-refractivity contribution in [1.29, 1.82) is 0 Å². The van der Waals surface area contributed by atoms with Crippen molar-refractivity contribution < 1.29 is 9.63 Å². The number of likely N-dealkylation sites (N-methyl/N-ethyl adjacent to an activating group) is 1. The highest BCUT2D eigenvalue weighted by molar-refractivity contribution is 6.30. The molecule has 1 heterocycles. The lowest BCUT2D eigenvalue weighted by molar-refractivity contribution is 0.0163. The molecule has 5 nitrogen and oxygen atoms in total. The molecule has 6 heteroatoms. The van der Waals surface area contributed by atoms with Crippen molar-refractivity contribution in [3.05, 3.63) is 35.2 Å². The summed E-state index contributed by atoms with van der Waals surface area (Å²) in [4.78, 5) is 6.55. The first kappa shape index (κ1) is 16.4. The molecule has 0 amide bonds. The molecule has 0 aliphatic heterocycles. The summed E-state index contributed by atoms with van der Waals surface area (Å²) in [6.45, 7) is 1.47. The van der Waals surface area contributed by atoms with Gasteiger partial charge in [-0.3, -0.25) is 0 Å². The van der Waals surface area contributed by atoms with Crippen molar-refractivity contribution in [3.8, 4) is 11.4 Å². The van der Waals surface area contributed by atoms with Gasteiger partial charge in [-0.1, -0.05) is 41.7 Å². The van der Waals surface area contributed by atoms with Gasteiger partial charge in [0, 0.05) is 30.1 Å². The van der Waals surface area contributed by atoms with Crippen LogP contribution in [-0.2, 0) is 6.42 Å². The first-order valence-electron chi connectivity index (χ1n) is 8.04. The zero-order valence-corrected chi connectivity index (χ0v) is 14.1. The molecule has 23 heavy (non-hydrogen) atoms. The summed E-state index contributed by atoms with van der Waals surface area (Å²) in [7, 11) is 2.02. The Hall–Kier alpha value is -1.43. The number of aliphatic hydroxyl groups is 1. The maximum Gasteiger partial charge on any atom is 0.228 e. The number of halogens is 1. The predicted octanol–water partition coefficient (Wildman–Crippen LogP) is 3.17. The lowest BCUT2D eigenvalue weighted by Gasteiger charge is -2.28. The lowest BCUT2D eigenvalue weighted by Crippen LogP contribution is -2.39. The fourth-order valence-corrected chi connectivity index (χ4v) is 3.35. The van der Waals surface area contributed by atoms with Crippen LogP contribution in [0.5, 0.6) is 0 Å². The SMILES string of the molecule is CN(CCc1nc(-c2cccc(Cl)c2)no1)CC1(O)CCCC1. The third kappa shape index (κ3) is 4.31. The normalized spacial score (nSPS) is 17.0. The van der Waals surface area contributed by atoms with Gasteiger partial charge in [-0.25, -0.2) is 0 Å². The number of aromatic nitrogens is 2. The maximum atomic E-state index is 10.4. The van der Waals surface area contributed by atoms with Crippen LogP contribution < -0.4 is 0 Å². The quantitative estimate of drug-likeness (QED) is 0.878. The van der Waals surface area contributed by atoms with Crippen molar-refractivity contribution >= 4 is 11.6 Å². The highest BCUT2D eigenvalue weighted by atomic mass is 35.5. The second-order valence-electron chi connectivity index (χ2n) is 6.44. The monoisotopic (exact) mass is 335 g/mol. The van der Waals surface area contributed by atoms with E-state index in [9.17, 15) is 5.11 Å². The summed E-state index contributed by atoms with van der Waals surface area (Å²) in [6, 6.07) is 7.40. The first-order chi connectivity index (χ1) is 11.0. The van der Waals surface area contributed by atoms with Crippen LogP contribution in [0.2, 0.25) is 5.02 Å². The Balaban J connectivity index is 1.55. The minimum Gasteiger partial charge on any atom is -0.389 e. The van der Waals surface area contributed by atoms with Gasteiger partial charge in [0.25, 0.3) is 0 Å². The minimum absolute atomic E-state index is 0.518. The molecule has 3 rings (SSSR count). The Labute approximate surface area is 141 Å². The molecule has 0 saturated heterocycles. The van der Waals surface area contributed by atoms with Gasteiger partial charge in [0.05, 0.1) is 5.60 Å². The molecular formula is C17H22ClN3O2. The highest BCUT2D eigenvalue weighted by Crippen LogP contribution is 2.29. The van der Waals surface area contributed by atoms with Gasteiger partial charge in [-0.15, -0.1) is 0 Å². The van der Waals surface area contributed by atoms with E-state index in [-0.39, 0.29) is 0 Å². The lowest BCUT2D eigenvalue weighted by atomic mass is 10.0. The van der Waals surface area contributed by atoms with Crippen molar-refractivity contribution in [1.82, 2.24) is 15.0 Å². The smallest absolute Gasteiger partial charge is 0.228 e. The van der Waals surface area contributed by atoms with Gasteiger partial charge >= 0.3 is 0 Å². The molecule has 1 saturated carbocycles. The van der Waals surface area contributed by atoms with Crippen LogP contribution in [0.25, 0.3) is 11.4 Å². The third-order valence-electron chi connectivity index (χ3n) is 4.36. The Kier molecular flexibility index (Phi) is 4.99. The molecule has 0 bridgehead atoms. The number of hydrogen-bond acceptors (Lipinski definition) is 5. The average molecular weight is 336 g/mol. The van der Waals surface area contributed by atoms with E-state index in [0.717, 1.165) is 37.8 Å². The van der Waals surface area contributed by atoms with Gasteiger partial charge in [-0.2, -0.15) is 4.98 Å². The summed E-state index contributed by atoms with van der Waals surface area (Å²) in [6.07, 6.45) is 4.71. The van der Waals surface area contributed by atoms with Crippen molar-refractivity contribution in [3.63, 3.8) is 0 Å².